The molecule has 0 spiro atoms. The predicted molar refractivity (Wildman–Crippen MR) is 106 cm³/mol. The summed E-state index contributed by atoms with van der Waals surface area (Å²) in [6.07, 6.45) is 0. The van der Waals surface area contributed by atoms with E-state index in [9.17, 15) is 14.0 Å². The van der Waals surface area contributed by atoms with Gasteiger partial charge in [-0.05, 0) is 43.3 Å². The molecular formula is C20H18FN3O4S. The van der Waals surface area contributed by atoms with Crippen molar-refractivity contribution in [2.24, 2.45) is 0 Å². The molecular weight excluding hydrogens is 397 g/mol. The van der Waals surface area contributed by atoms with E-state index in [-0.39, 0.29) is 30.0 Å². The number of rotatable bonds is 8. The minimum absolute atomic E-state index is 0.0480. The lowest BCUT2D eigenvalue weighted by Crippen LogP contribution is -2.21. The smallest absolute Gasteiger partial charge is 0.319 e. The normalized spacial score (nSPS) is 11.7. The highest BCUT2D eigenvalue weighted by atomic mass is 32.2. The van der Waals surface area contributed by atoms with Gasteiger partial charge in [-0.2, -0.15) is 0 Å². The molecule has 7 nitrogen and oxygen atoms in total. The number of benzene rings is 2. The maximum absolute atomic E-state index is 12.9. The first-order valence-electron chi connectivity index (χ1n) is 8.73. The van der Waals surface area contributed by atoms with Crippen LogP contribution in [0.15, 0.2) is 59.0 Å². The Morgan fingerprint density at radius 2 is 1.86 bits per heavy atom. The number of aromatic nitrogens is 2. The summed E-state index contributed by atoms with van der Waals surface area (Å²) >= 11 is 1.12. The van der Waals surface area contributed by atoms with E-state index in [1.807, 2.05) is 30.3 Å². The molecule has 1 atom stereocenters. The highest BCUT2D eigenvalue weighted by molar-refractivity contribution is 8.01. The Balaban J connectivity index is 1.42. The third-order valence-electron chi connectivity index (χ3n) is 3.75. The summed E-state index contributed by atoms with van der Waals surface area (Å²) in [7, 11) is 0. The predicted octanol–water partition coefficient (Wildman–Crippen LogP) is 3.68. The zero-order valence-corrected chi connectivity index (χ0v) is 16.3. The van der Waals surface area contributed by atoms with Crippen LogP contribution in [0.25, 0.3) is 11.5 Å². The number of esters is 1. The van der Waals surface area contributed by atoms with Crippen LogP contribution in [0, 0.1) is 5.82 Å². The van der Waals surface area contributed by atoms with E-state index in [4.69, 9.17) is 9.15 Å². The van der Waals surface area contributed by atoms with Crippen LogP contribution in [0.2, 0.25) is 0 Å². The topological polar surface area (TPSA) is 94.3 Å². The minimum atomic E-state index is -0.564. The quantitative estimate of drug-likeness (QED) is 0.561. The lowest BCUT2D eigenvalue weighted by Gasteiger charge is -2.10. The highest BCUT2D eigenvalue weighted by Crippen LogP contribution is 2.18. The number of ether oxygens (including phenoxy) is 1. The summed E-state index contributed by atoms with van der Waals surface area (Å²) < 4.78 is 23.5. The van der Waals surface area contributed by atoms with Gasteiger partial charge in [0.05, 0.1) is 5.75 Å². The third-order valence-corrected chi connectivity index (χ3v) is 4.87. The molecule has 3 aromatic rings. The second kappa shape index (κ2) is 9.83. The van der Waals surface area contributed by atoms with Crippen molar-refractivity contribution in [1.82, 2.24) is 10.2 Å². The molecule has 0 aliphatic rings. The molecule has 0 aliphatic carbocycles. The molecule has 1 amide bonds. The van der Waals surface area contributed by atoms with Crippen LogP contribution in [0.3, 0.4) is 0 Å². The van der Waals surface area contributed by atoms with Crippen molar-refractivity contribution >= 4 is 29.3 Å². The van der Waals surface area contributed by atoms with Gasteiger partial charge < -0.3 is 14.5 Å². The number of halogens is 1. The number of anilines is 1. The van der Waals surface area contributed by atoms with E-state index in [1.165, 1.54) is 24.3 Å². The Kier molecular flexibility index (Phi) is 6.96. The molecule has 0 saturated heterocycles. The second-order valence-corrected chi connectivity index (χ2v) is 7.31. The van der Waals surface area contributed by atoms with Crippen molar-refractivity contribution in [1.29, 1.82) is 0 Å². The minimum Gasteiger partial charge on any atom is -0.455 e. The average molecular weight is 415 g/mol. The summed E-state index contributed by atoms with van der Waals surface area (Å²) in [5, 5.41) is 9.85. The fourth-order valence-corrected chi connectivity index (χ4v) is 2.94. The molecule has 1 heterocycles. The summed E-state index contributed by atoms with van der Waals surface area (Å²) in [6, 6.07) is 14.7. The number of nitrogens with zero attached hydrogens (tertiary/aromatic N) is 2. The Hall–Kier alpha value is -3.20. The molecule has 0 unspecified atom stereocenters. The molecule has 29 heavy (non-hydrogen) atoms. The molecule has 3 rings (SSSR count). The van der Waals surface area contributed by atoms with Gasteiger partial charge in [-0.15, -0.1) is 22.0 Å². The highest BCUT2D eigenvalue weighted by Gasteiger charge is 2.18. The zero-order valence-electron chi connectivity index (χ0n) is 15.5. The van der Waals surface area contributed by atoms with E-state index >= 15 is 0 Å². The van der Waals surface area contributed by atoms with Gasteiger partial charge in [0.1, 0.15) is 11.1 Å². The van der Waals surface area contributed by atoms with Crippen LogP contribution in [0.5, 0.6) is 0 Å². The van der Waals surface area contributed by atoms with Crippen molar-refractivity contribution in [2.45, 2.75) is 18.8 Å². The Labute approximate surface area is 170 Å². The molecule has 1 N–H and O–H groups in total. The van der Waals surface area contributed by atoms with Crippen molar-refractivity contribution in [3.8, 4) is 11.5 Å². The number of hydrogen-bond acceptors (Lipinski definition) is 7. The van der Waals surface area contributed by atoms with Gasteiger partial charge in [0.15, 0.2) is 6.61 Å². The Morgan fingerprint density at radius 1 is 1.14 bits per heavy atom. The zero-order chi connectivity index (χ0) is 20.6. The van der Waals surface area contributed by atoms with Crippen molar-refractivity contribution in [3.05, 3.63) is 66.3 Å². The van der Waals surface area contributed by atoms with Gasteiger partial charge in [0.25, 0.3) is 5.89 Å². The lowest BCUT2D eigenvalue weighted by molar-refractivity contribution is -0.144. The van der Waals surface area contributed by atoms with Crippen molar-refractivity contribution in [2.75, 3.05) is 11.1 Å². The number of amides is 1. The summed E-state index contributed by atoms with van der Waals surface area (Å²) in [6.45, 7) is 1.49. The number of hydrogen-bond donors (Lipinski definition) is 1. The van der Waals surface area contributed by atoms with E-state index in [0.717, 1.165) is 17.3 Å². The van der Waals surface area contributed by atoms with Crippen LogP contribution < -0.4 is 5.32 Å². The molecule has 0 radical (unpaired) electrons. The number of thioether (sulfide) groups is 1. The molecule has 2 aromatic carbocycles. The van der Waals surface area contributed by atoms with Gasteiger partial charge in [-0.1, -0.05) is 18.2 Å². The second-order valence-electron chi connectivity index (χ2n) is 5.98. The van der Waals surface area contributed by atoms with Crippen LogP contribution in [0.4, 0.5) is 10.1 Å². The van der Waals surface area contributed by atoms with E-state index in [0.29, 0.717) is 11.6 Å². The number of carbonyl (C=O) groups is 2. The number of nitrogens with one attached hydrogen (secondary N) is 1. The first-order valence-corrected chi connectivity index (χ1v) is 9.77. The molecule has 150 valence electrons. The Morgan fingerprint density at radius 3 is 2.59 bits per heavy atom. The molecule has 0 aliphatic heterocycles. The van der Waals surface area contributed by atoms with E-state index in [2.05, 4.69) is 15.5 Å². The molecule has 1 aromatic heterocycles. The molecule has 9 heteroatoms. The first-order chi connectivity index (χ1) is 14.0. The standard InChI is InChI=1S/C20H18FN3O4S/c1-13(29-12-17(25)22-16-9-7-15(21)8-10-16)20(26)27-11-18-23-24-19(28-18)14-5-3-2-4-6-14/h2-10,13H,11-12H2,1H3,(H,22,25)/t13-/m0/s1. The SMILES string of the molecule is C[C@H](SCC(=O)Nc1ccc(F)cc1)C(=O)OCc1nnc(-c2ccccc2)o1. The first kappa shape index (κ1) is 20.5. The Bertz CT molecular complexity index is 963. The van der Waals surface area contributed by atoms with E-state index < -0.39 is 11.2 Å². The van der Waals surface area contributed by atoms with Crippen LogP contribution >= 0.6 is 11.8 Å². The van der Waals surface area contributed by atoms with Gasteiger partial charge in [0.2, 0.25) is 11.8 Å². The molecule has 0 saturated carbocycles. The number of carbonyl (C=O) groups excluding carboxylic acids is 2. The van der Waals surface area contributed by atoms with Crippen LogP contribution in [-0.4, -0.2) is 33.1 Å². The van der Waals surface area contributed by atoms with Gasteiger partial charge in [-0.25, -0.2) is 4.39 Å². The molecule has 0 bridgehead atoms. The lowest BCUT2D eigenvalue weighted by atomic mass is 10.2. The van der Waals surface area contributed by atoms with Crippen molar-refractivity contribution in [3.63, 3.8) is 0 Å². The van der Waals surface area contributed by atoms with Gasteiger partial charge in [-0.3, -0.25) is 9.59 Å². The maximum Gasteiger partial charge on any atom is 0.319 e. The monoisotopic (exact) mass is 415 g/mol. The summed E-state index contributed by atoms with van der Waals surface area (Å²) in [5.74, 6) is -0.604. The van der Waals surface area contributed by atoms with Crippen LogP contribution in [-0.2, 0) is 20.9 Å². The largest absolute Gasteiger partial charge is 0.455 e. The van der Waals surface area contributed by atoms with Crippen molar-refractivity contribution < 1.29 is 23.1 Å². The fourth-order valence-electron chi connectivity index (χ4n) is 2.26. The fraction of sp³-hybridized carbons (Fsp3) is 0.200. The van der Waals surface area contributed by atoms with E-state index in [1.54, 1.807) is 6.92 Å². The summed E-state index contributed by atoms with van der Waals surface area (Å²) in [5.41, 5.74) is 1.26. The van der Waals surface area contributed by atoms with Gasteiger partial charge >= 0.3 is 5.97 Å². The maximum atomic E-state index is 12.9. The molecule has 0 fully saturated rings. The van der Waals surface area contributed by atoms with Crippen LogP contribution in [0.1, 0.15) is 12.8 Å². The average Bonchev–Trinajstić information content (AvgIpc) is 3.21. The third kappa shape index (κ3) is 6.15. The summed E-state index contributed by atoms with van der Waals surface area (Å²) in [4.78, 5) is 24.0. The van der Waals surface area contributed by atoms with Gasteiger partial charge in [0, 0.05) is 11.3 Å².